The van der Waals surface area contributed by atoms with Crippen LogP contribution >= 0.6 is 0 Å². The van der Waals surface area contributed by atoms with Gasteiger partial charge in [-0.25, -0.2) is 0 Å². The number of nitrogens with two attached hydrogens (primary N) is 1. The third kappa shape index (κ3) is 5.67. The summed E-state index contributed by atoms with van der Waals surface area (Å²) in [6, 6.07) is 5.29. The van der Waals surface area contributed by atoms with Gasteiger partial charge in [-0.2, -0.15) is 8.78 Å². The molecule has 21 heavy (non-hydrogen) atoms. The first-order chi connectivity index (χ1) is 9.81. The summed E-state index contributed by atoms with van der Waals surface area (Å²) in [5.41, 5.74) is 6.29. The Balaban J connectivity index is 2.75. The van der Waals surface area contributed by atoms with E-state index in [9.17, 15) is 13.6 Å². The Morgan fingerprint density at radius 2 is 1.90 bits per heavy atom. The molecule has 2 atom stereocenters. The fourth-order valence-electron chi connectivity index (χ4n) is 2.05. The molecule has 0 aliphatic carbocycles. The molecule has 1 rings (SSSR count). The third-order valence-electron chi connectivity index (χ3n) is 3.02. The maximum absolute atomic E-state index is 12.4. The van der Waals surface area contributed by atoms with Gasteiger partial charge in [-0.05, 0) is 25.3 Å². The van der Waals surface area contributed by atoms with Crippen LogP contribution in [0.1, 0.15) is 38.8 Å². The molecule has 1 amide bonds. The van der Waals surface area contributed by atoms with Gasteiger partial charge in [0.2, 0.25) is 5.91 Å². The Morgan fingerprint density at radius 3 is 2.48 bits per heavy atom. The van der Waals surface area contributed by atoms with E-state index in [0.717, 1.165) is 0 Å². The second-order valence-electron chi connectivity index (χ2n) is 5.38. The number of benzene rings is 1. The Labute approximate surface area is 123 Å². The van der Waals surface area contributed by atoms with Crippen molar-refractivity contribution in [2.24, 2.45) is 11.7 Å². The summed E-state index contributed by atoms with van der Waals surface area (Å²) in [5, 5.41) is 2.73. The molecule has 0 aliphatic heterocycles. The Hall–Kier alpha value is -1.69. The van der Waals surface area contributed by atoms with E-state index in [1.54, 1.807) is 25.1 Å². The highest BCUT2D eigenvalue weighted by Crippen LogP contribution is 2.26. The standard InChI is InChI=1S/C15H22F2N2O2/c1-9(2)8-12(18)14(20)19-10(3)11-6-4-5-7-13(11)21-15(16)17/h4-7,9-10,12,15H,8,18H2,1-3H3,(H,19,20). The Kier molecular flexibility index (Phi) is 6.55. The van der Waals surface area contributed by atoms with Crippen molar-refractivity contribution >= 4 is 5.91 Å². The smallest absolute Gasteiger partial charge is 0.387 e. The fourth-order valence-corrected chi connectivity index (χ4v) is 2.05. The zero-order valence-electron chi connectivity index (χ0n) is 12.5. The van der Waals surface area contributed by atoms with Crippen LogP contribution in [-0.4, -0.2) is 18.6 Å². The molecule has 0 spiro atoms. The van der Waals surface area contributed by atoms with Crippen molar-refractivity contribution in [1.82, 2.24) is 5.32 Å². The van der Waals surface area contributed by atoms with Crippen LogP contribution in [0.15, 0.2) is 24.3 Å². The molecule has 0 aliphatic rings. The Bertz CT molecular complexity index is 467. The highest BCUT2D eigenvalue weighted by molar-refractivity contribution is 5.81. The zero-order chi connectivity index (χ0) is 16.0. The van der Waals surface area contributed by atoms with Gasteiger partial charge in [0, 0.05) is 5.56 Å². The minimum atomic E-state index is -2.91. The highest BCUT2D eigenvalue weighted by atomic mass is 19.3. The molecule has 118 valence electrons. The molecule has 0 radical (unpaired) electrons. The summed E-state index contributed by atoms with van der Waals surface area (Å²) >= 11 is 0. The lowest BCUT2D eigenvalue weighted by atomic mass is 10.0. The topological polar surface area (TPSA) is 64.4 Å². The van der Waals surface area contributed by atoms with Crippen molar-refractivity contribution < 1.29 is 18.3 Å². The molecular formula is C15H22F2N2O2. The Morgan fingerprint density at radius 1 is 1.29 bits per heavy atom. The summed E-state index contributed by atoms with van der Waals surface area (Å²) in [6.45, 7) is 2.75. The monoisotopic (exact) mass is 300 g/mol. The van der Waals surface area contributed by atoms with Crippen molar-refractivity contribution in [3.05, 3.63) is 29.8 Å². The van der Waals surface area contributed by atoms with Crippen molar-refractivity contribution in [1.29, 1.82) is 0 Å². The maximum Gasteiger partial charge on any atom is 0.387 e. The van der Waals surface area contributed by atoms with Crippen LogP contribution in [0.5, 0.6) is 5.75 Å². The van der Waals surface area contributed by atoms with Gasteiger partial charge in [0.05, 0.1) is 12.1 Å². The molecule has 1 aromatic carbocycles. The van der Waals surface area contributed by atoms with Crippen molar-refractivity contribution in [2.45, 2.75) is 45.9 Å². The van der Waals surface area contributed by atoms with Gasteiger partial charge in [0.1, 0.15) is 5.75 Å². The zero-order valence-corrected chi connectivity index (χ0v) is 12.5. The van der Waals surface area contributed by atoms with Gasteiger partial charge >= 0.3 is 6.61 Å². The van der Waals surface area contributed by atoms with Gasteiger partial charge in [0.15, 0.2) is 0 Å². The first-order valence-electron chi connectivity index (χ1n) is 6.91. The number of para-hydroxylation sites is 1. The maximum atomic E-state index is 12.4. The molecule has 0 fully saturated rings. The minimum absolute atomic E-state index is 0.0535. The fraction of sp³-hybridized carbons (Fsp3) is 0.533. The number of nitrogens with one attached hydrogen (secondary N) is 1. The van der Waals surface area contributed by atoms with Crippen LogP contribution in [-0.2, 0) is 4.79 Å². The molecule has 0 saturated carbocycles. The van der Waals surface area contributed by atoms with Gasteiger partial charge in [0.25, 0.3) is 0 Å². The minimum Gasteiger partial charge on any atom is -0.434 e. The molecule has 0 heterocycles. The van der Waals surface area contributed by atoms with E-state index >= 15 is 0 Å². The second kappa shape index (κ2) is 7.93. The van der Waals surface area contributed by atoms with E-state index in [1.807, 2.05) is 13.8 Å². The lowest BCUT2D eigenvalue weighted by Crippen LogP contribution is -2.42. The van der Waals surface area contributed by atoms with Crippen LogP contribution in [0.4, 0.5) is 8.78 Å². The summed E-state index contributed by atoms with van der Waals surface area (Å²) in [5.74, 6) is 0.0521. The molecule has 2 unspecified atom stereocenters. The number of hydrogen-bond acceptors (Lipinski definition) is 3. The van der Waals surface area contributed by atoms with E-state index in [-0.39, 0.29) is 11.7 Å². The molecule has 0 aromatic heterocycles. The SMILES string of the molecule is CC(C)CC(N)C(=O)NC(C)c1ccccc1OC(F)F. The quantitative estimate of drug-likeness (QED) is 0.814. The number of halogens is 2. The van der Waals surface area contributed by atoms with Crippen LogP contribution in [0.2, 0.25) is 0 Å². The van der Waals surface area contributed by atoms with Crippen molar-refractivity contribution in [3.8, 4) is 5.75 Å². The number of carbonyl (C=O) groups is 1. The van der Waals surface area contributed by atoms with Crippen molar-refractivity contribution in [3.63, 3.8) is 0 Å². The lowest BCUT2D eigenvalue weighted by molar-refractivity contribution is -0.123. The van der Waals surface area contributed by atoms with E-state index in [1.165, 1.54) is 6.07 Å². The molecule has 1 aromatic rings. The third-order valence-corrected chi connectivity index (χ3v) is 3.02. The van der Waals surface area contributed by atoms with Gasteiger partial charge in [-0.15, -0.1) is 0 Å². The molecular weight excluding hydrogens is 278 g/mol. The summed E-state index contributed by atoms with van der Waals surface area (Å²) < 4.78 is 29.2. The highest BCUT2D eigenvalue weighted by Gasteiger charge is 2.20. The first kappa shape index (κ1) is 17.4. The van der Waals surface area contributed by atoms with Gasteiger partial charge in [-0.1, -0.05) is 32.0 Å². The normalized spacial score (nSPS) is 14.1. The number of hydrogen-bond donors (Lipinski definition) is 2. The average molecular weight is 300 g/mol. The number of rotatable bonds is 7. The molecule has 0 saturated heterocycles. The molecule has 3 N–H and O–H groups in total. The van der Waals surface area contributed by atoms with Crippen LogP contribution in [0.25, 0.3) is 0 Å². The summed E-state index contributed by atoms with van der Waals surface area (Å²) in [6.07, 6.45) is 0.563. The number of amides is 1. The van der Waals surface area contributed by atoms with E-state index in [0.29, 0.717) is 17.9 Å². The predicted octanol–water partition coefficient (Wildman–Crippen LogP) is 2.84. The second-order valence-corrected chi connectivity index (χ2v) is 5.38. The van der Waals surface area contributed by atoms with Crippen LogP contribution < -0.4 is 15.8 Å². The van der Waals surface area contributed by atoms with Crippen LogP contribution in [0.3, 0.4) is 0 Å². The largest absolute Gasteiger partial charge is 0.434 e. The molecule has 6 heteroatoms. The first-order valence-corrected chi connectivity index (χ1v) is 6.91. The van der Waals surface area contributed by atoms with Crippen LogP contribution in [0, 0.1) is 5.92 Å². The van der Waals surface area contributed by atoms with Crippen molar-refractivity contribution in [2.75, 3.05) is 0 Å². The summed E-state index contributed by atoms with van der Waals surface area (Å²) in [7, 11) is 0. The predicted molar refractivity (Wildman–Crippen MR) is 77.1 cm³/mol. The average Bonchev–Trinajstić information content (AvgIpc) is 2.37. The number of carbonyl (C=O) groups excluding carboxylic acids is 1. The number of alkyl halides is 2. The van der Waals surface area contributed by atoms with E-state index in [4.69, 9.17) is 5.73 Å². The van der Waals surface area contributed by atoms with Gasteiger partial charge < -0.3 is 15.8 Å². The molecule has 4 nitrogen and oxygen atoms in total. The number of ether oxygens (including phenoxy) is 1. The molecule has 0 bridgehead atoms. The van der Waals surface area contributed by atoms with E-state index in [2.05, 4.69) is 10.1 Å². The summed E-state index contributed by atoms with van der Waals surface area (Å²) in [4.78, 5) is 12.0. The van der Waals surface area contributed by atoms with E-state index < -0.39 is 18.7 Å². The van der Waals surface area contributed by atoms with Gasteiger partial charge in [-0.3, -0.25) is 4.79 Å². The lowest BCUT2D eigenvalue weighted by Gasteiger charge is -2.21.